The number of aromatic nitrogens is 5. The molecule has 0 saturated carbocycles. The molecular formula is C20H18N6O. The molecule has 7 nitrogen and oxygen atoms in total. The fourth-order valence-corrected chi connectivity index (χ4v) is 3.02. The zero-order chi connectivity index (χ0) is 18.8. The Balaban J connectivity index is 1.63. The number of benzene rings is 1. The summed E-state index contributed by atoms with van der Waals surface area (Å²) in [6, 6.07) is 11.5. The molecule has 0 fully saturated rings. The summed E-state index contributed by atoms with van der Waals surface area (Å²) in [6.45, 7) is 4.22. The van der Waals surface area contributed by atoms with Crippen molar-refractivity contribution in [2.45, 2.75) is 20.4 Å². The Kier molecular flexibility index (Phi) is 4.33. The third-order valence-electron chi connectivity index (χ3n) is 4.28. The molecule has 0 spiro atoms. The number of carbonyl (C=O) groups is 1. The van der Waals surface area contributed by atoms with Crippen molar-refractivity contribution in [1.29, 1.82) is 0 Å². The Bertz CT molecular complexity index is 1120. The molecule has 0 aliphatic rings. The molecule has 4 rings (SSSR count). The summed E-state index contributed by atoms with van der Waals surface area (Å²) >= 11 is 0. The molecule has 1 amide bonds. The highest BCUT2D eigenvalue weighted by molar-refractivity contribution is 6.06. The maximum atomic E-state index is 12.9. The van der Waals surface area contributed by atoms with Gasteiger partial charge in [0.2, 0.25) is 0 Å². The lowest BCUT2D eigenvalue weighted by atomic mass is 10.0. The molecule has 1 N–H and O–H groups in total. The average Bonchev–Trinajstić information content (AvgIpc) is 3.20. The molecule has 0 aliphatic carbocycles. The minimum Gasteiger partial charge on any atom is -0.348 e. The Morgan fingerprint density at radius 2 is 2.07 bits per heavy atom. The van der Waals surface area contributed by atoms with Crippen LogP contribution in [0.25, 0.3) is 16.7 Å². The van der Waals surface area contributed by atoms with Crippen molar-refractivity contribution >= 4 is 16.8 Å². The Morgan fingerprint density at radius 1 is 1.19 bits per heavy atom. The van der Waals surface area contributed by atoms with Crippen LogP contribution in [-0.4, -0.2) is 30.6 Å². The summed E-state index contributed by atoms with van der Waals surface area (Å²) in [5.41, 5.74) is 4.18. The number of pyridine rings is 2. The van der Waals surface area contributed by atoms with Crippen LogP contribution in [0.2, 0.25) is 0 Å². The second-order valence-electron chi connectivity index (χ2n) is 6.34. The quantitative estimate of drug-likeness (QED) is 0.606. The standard InChI is InChI=1S/C20H18N6O/c1-13-5-6-18-16(8-13)17(9-14(2)25-18)20(27)23-10-15-4-3-7-22-19(15)26-12-21-11-24-26/h3-9,11-12H,10H2,1-2H3,(H,23,27). The lowest BCUT2D eigenvalue weighted by Gasteiger charge is -2.11. The van der Waals surface area contributed by atoms with Gasteiger partial charge in [-0.1, -0.05) is 17.7 Å². The van der Waals surface area contributed by atoms with Gasteiger partial charge in [-0.25, -0.2) is 14.6 Å². The summed E-state index contributed by atoms with van der Waals surface area (Å²) in [6.07, 6.45) is 4.71. The summed E-state index contributed by atoms with van der Waals surface area (Å²) in [4.78, 5) is 25.7. The lowest BCUT2D eigenvalue weighted by Crippen LogP contribution is -2.24. The topological polar surface area (TPSA) is 85.6 Å². The van der Waals surface area contributed by atoms with Crippen molar-refractivity contribution in [2.24, 2.45) is 0 Å². The monoisotopic (exact) mass is 358 g/mol. The van der Waals surface area contributed by atoms with E-state index in [1.54, 1.807) is 17.2 Å². The zero-order valence-corrected chi connectivity index (χ0v) is 15.0. The van der Waals surface area contributed by atoms with E-state index in [4.69, 9.17) is 0 Å². The number of hydrogen-bond donors (Lipinski definition) is 1. The third-order valence-corrected chi connectivity index (χ3v) is 4.28. The summed E-state index contributed by atoms with van der Waals surface area (Å²) in [7, 11) is 0. The van der Waals surface area contributed by atoms with E-state index in [2.05, 4.69) is 25.4 Å². The minimum atomic E-state index is -0.149. The smallest absolute Gasteiger partial charge is 0.252 e. The Morgan fingerprint density at radius 3 is 2.89 bits per heavy atom. The number of aryl methyl sites for hydroxylation is 2. The number of hydrogen-bond acceptors (Lipinski definition) is 5. The van der Waals surface area contributed by atoms with Crippen LogP contribution < -0.4 is 5.32 Å². The zero-order valence-electron chi connectivity index (χ0n) is 15.0. The maximum absolute atomic E-state index is 12.9. The fraction of sp³-hybridized carbons (Fsp3) is 0.150. The van der Waals surface area contributed by atoms with Crippen molar-refractivity contribution in [3.05, 3.63) is 77.6 Å². The molecule has 0 aliphatic heterocycles. The lowest BCUT2D eigenvalue weighted by molar-refractivity contribution is 0.0952. The number of rotatable bonds is 4. The first kappa shape index (κ1) is 16.8. The van der Waals surface area contributed by atoms with Crippen molar-refractivity contribution in [1.82, 2.24) is 30.0 Å². The number of carbonyl (C=O) groups excluding carboxylic acids is 1. The first-order chi connectivity index (χ1) is 13.1. The molecule has 0 unspecified atom stereocenters. The van der Waals surface area contributed by atoms with Crippen molar-refractivity contribution in [3.63, 3.8) is 0 Å². The van der Waals surface area contributed by atoms with Crippen molar-refractivity contribution in [2.75, 3.05) is 0 Å². The molecule has 0 saturated heterocycles. The molecule has 7 heteroatoms. The van der Waals surface area contributed by atoms with Crippen LogP contribution in [-0.2, 0) is 6.54 Å². The van der Waals surface area contributed by atoms with Gasteiger partial charge in [-0.15, -0.1) is 0 Å². The van der Waals surface area contributed by atoms with Crippen molar-refractivity contribution in [3.8, 4) is 5.82 Å². The Labute approximate surface area is 156 Å². The molecule has 3 heterocycles. The maximum Gasteiger partial charge on any atom is 0.252 e. The summed E-state index contributed by atoms with van der Waals surface area (Å²) in [5.74, 6) is 0.492. The predicted molar refractivity (Wildman–Crippen MR) is 102 cm³/mol. The van der Waals surface area contributed by atoms with Crippen LogP contribution >= 0.6 is 0 Å². The van der Waals surface area contributed by atoms with E-state index in [-0.39, 0.29) is 5.91 Å². The van der Waals surface area contributed by atoms with Gasteiger partial charge in [0.1, 0.15) is 12.7 Å². The van der Waals surface area contributed by atoms with Gasteiger partial charge in [0.15, 0.2) is 5.82 Å². The molecule has 4 aromatic rings. The normalized spacial score (nSPS) is 10.9. The molecule has 3 aromatic heterocycles. The van der Waals surface area contributed by atoms with Gasteiger partial charge in [0, 0.05) is 29.4 Å². The average molecular weight is 358 g/mol. The van der Waals surface area contributed by atoms with Gasteiger partial charge in [0.25, 0.3) is 5.91 Å². The van der Waals surface area contributed by atoms with Gasteiger partial charge < -0.3 is 5.32 Å². The van der Waals surface area contributed by atoms with Crippen LogP contribution in [0.3, 0.4) is 0 Å². The van der Waals surface area contributed by atoms with E-state index < -0.39 is 0 Å². The van der Waals surface area contributed by atoms with E-state index in [0.29, 0.717) is 17.9 Å². The van der Waals surface area contributed by atoms with Crippen LogP contribution in [0.15, 0.2) is 55.2 Å². The predicted octanol–water partition coefficient (Wildman–Crippen LogP) is 2.76. The molecule has 134 valence electrons. The summed E-state index contributed by atoms with van der Waals surface area (Å²) < 4.78 is 1.58. The van der Waals surface area contributed by atoms with Gasteiger partial charge in [-0.05, 0) is 38.1 Å². The fourth-order valence-electron chi connectivity index (χ4n) is 3.02. The van der Waals surface area contributed by atoms with E-state index in [1.165, 1.54) is 6.33 Å². The minimum absolute atomic E-state index is 0.149. The molecule has 1 aromatic carbocycles. The molecular weight excluding hydrogens is 340 g/mol. The SMILES string of the molecule is Cc1ccc2nc(C)cc(C(=O)NCc3cccnc3-n3cncn3)c2c1. The molecule has 0 radical (unpaired) electrons. The molecule has 0 bridgehead atoms. The van der Waals surface area contributed by atoms with Gasteiger partial charge in [-0.3, -0.25) is 9.78 Å². The van der Waals surface area contributed by atoms with Crippen LogP contribution in [0.1, 0.15) is 27.2 Å². The highest BCUT2D eigenvalue weighted by Crippen LogP contribution is 2.20. The van der Waals surface area contributed by atoms with Gasteiger partial charge in [-0.2, -0.15) is 5.10 Å². The number of fused-ring (bicyclic) bond motifs is 1. The highest BCUT2D eigenvalue weighted by Gasteiger charge is 2.14. The van der Waals surface area contributed by atoms with E-state index in [0.717, 1.165) is 27.7 Å². The van der Waals surface area contributed by atoms with E-state index in [9.17, 15) is 4.79 Å². The van der Waals surface area contributed by atoms with E-state index in [1.807, 2.05) is 50.2 Å². The van der Waals surface area contributed by atoms with Crippen LogP contribution in [0, 0.1) is 13.8 Å². The number of nitrogens with zero attached hydrogens (tertiary/aromatic N) is 5. The Hall–Kier alpha value is -3.61. The molecule has 0 atom stereocenters. The number of nitrogens with one attached hydrogen (secondary N) is 1. The second-order valence-corrected chi connectivity index (χ2v) is 6.34. The summed E-state index contributed by atoms with van der Waals surface area (Å²) in [5, 5.41) is 7.95. The first-order valence-electron chi connectivity index (χ1n) is 8.57. The van der Waals surface area contributed by atoms with Gasteiger partial charge >= 0.3 is 0 Å². The number of amides is 1. The highest BCUT2D eigenvalue weighted by atomic mass is 16.1. The van der Waals surface area contributed by atoms with Crippen molar-refractivity contribution < 1.29 is 4.79 Å². The third kappa shape index (κ3) is 3.39. The van der Waals surface area contributed by atoms with Crippen LogP contribution in [0.4, 0.5) is 0 Å². The van der Waals surface area contributed by atoms with Crippen LogP contribution in [0.5, 0.6) is 0 Å². The first-order valence-corrected chi connectivity index (χ1v) is 8.57. The van der Waals surface area contributed by atoms with Gasteiger partial charge in [0.05, 0.1) is 11.1 Å². The molecule has 27 heavy (non-hydrogen) atoms. The largest absolute Gasteiger partial charge is 0.348 e. The van der Waals surface area contributed by atoms with E-state index >= 15 is 0 Å². The second kappa shape index (κ2) is 6.95.